The highest BCUT2D eigenvalue weighted by Crippen LogP contribution is 2.15. The molecule has 6 nitrogen and oxygen atoms in total. The van der Waals surface area contributed by atoms with Crippen LogP contribution in [0, 0.1) is 0 Å². The second-order valence-electron chi connectivity index (χ2n) is 4.29. The van der Waals surface area contributed by atoms with Crippen LogP contribution in [-0.2, 0) is 21.4 Å². The number of anilines is 1. The molecule has 1 aromatic rings. The zero-order chi connectivity index (χ0) is 15.2. The van der Waals surface area contributed by atoms with E-state index in [1.165, 1.54) is 4.31 Å². The van der Waals surface area contributed by atoms with E-state index < -0.39 is 16.2 Å². The number of aliphatic carboxylic acids is 1. The molecule has 0 saturated heterocycles. The summed E-state index contributed by atoms with van der Waals surface area (Å²) >= 11 is 0. The summed E-state index contributed by atoms with van der Waals surface area (Å²) in [5.41, 5.74) is 1.23. The predicted molar refractivity (Wildman–Crippen MR) is 77.9 cm³/mol. The Morgan fingerprint density at radius 2 is 1.95 bits per heavy atom. The summed E-state index contributed by atoms with van der Waals surface area (Å²) in [4.78, 5) is 10.5. The number of benzene rings is 1. The molecule has 0 spiro atoms. The fourth-order valence-electron chi connectivity index (χ4n) is 1.82. The van der Waals surface area contributed by atoms with Gasteiger partial charge in [-0.05, 0) is 24.1 Å². The molecule has 20 heavy (non-hydrogen) atoms. The molecule has 0 radical (unpaired) electrons. The summed E-state index contributed by atoms with van der Waals surface area (Å²) < 4.78 is 27.9. The molecular formula is C13H20N2O4S. The second-order valence-corrected chi connectivity index (χ2v) is 5.96. The van der Waals surface area contributed by atoms with E-state index in [-0.39, 0.29) is 6.42 Å². The molecule has 0 aromatic heterocycles. The number of nitrogens with one attached hydrogen (secondary N) is 1. The van der Waals surface area contributed by atoms with Crippen LogP contribution in [-0.4, -0.2) is 36.9 Å². The fourth-order valence-corrected chi connectivity index (χ4v) is 3.05. The summed E-state index contributed by atoms with van der Waals surface area (Å²) in [5.74, 6) is -0.876. The smallest absolute Gasteiger partial charge is 0.303 e. The summed E-state index contributed by atoms with van der Waals surface area (Å²) in [5, 5.41) is 8.65. The Labute approximate surface area is 119 Å². The molecule has 1 rings (SSSR count). The van der Waals surface area contributed by atoms with E-state index in [0.717, 1.165) is 5.56 Å². The Hall–Kier alpha value is -1.60. The minimum absolute atomic E-state index is 0.0201. The maximum atomic E-state index is 12.1. The van der Waals surface area contributed by atoms with Crippen molar-refractivity contribution in [1.29, 1.82) is 0 Å². The van der Waals surface area contributed by atoms with Crippen molar-refractivity contribution in [3.05, 3.63) is 29.8 Å². The molecule has 0 aliphatic carbocycles. The second kappa shape index (κ2) is 7.25. The van der Waals surface area contributed by atoms with Crippen molar-refractivity contribution in [2.75, 3.05) is 17.8 Å². The normalized spacial score (nSPS) is 11.6. The Morgan fingerprint density at radius 1 is 1.30 bits per heavy atom. The Morgan fingerprint density at radius 3 is 2.50 bits per heavy atom. The van der Waals surface area contributed by atoms with Gasteiger partial charge >= 0.3 is 16.2 Å². The molecular weight excluding hydrogens is 280 g/mol. The number of nitrogens with zero attached hydrogens (tertiary/aromatic N) is 1. The molecule has 2 N–H and O–H groups in total. The number of carboxylic acid groups (broad SMARTS) is 1. The van der Waals surface area contributed by atoms with E-state index >= 15 is 0 Å². The Kier molecular flexibility index (Phi) is 5.97. The predicted octanol–water partition coefficient (Wildman–Crippen LogP) is 1.70. The lowest BCUT2D eigenvalue weighted by Gasteiger charge is -2.19. The standard InChI is InChI=1S/C13H20N2O4S/c1-3-15(4-2)20(18,19)14-12-7-5-6-11(10-12)8-9-13(16)17/h5-7,10,14H,3-4,8-9H2,1-2H3,(H,16,17). The lowest BCUT2D eigenvalue weighted by atomic mass is 10.1. The first-order chi connectivity index (χ1) is 9.39. The first kappa shape index (κ1) is 16.5. The third kappa shape index (κ3) is 4.82. The number of carboxylic acids is 1. The highest BCUT2D eigenvalue weighted by molar-refractivity contribution is 7.90. The van der Waals surface area contributed by atoms with E-state index in [2.05, 4.69) is 4.72 Å². The summed E-state index contributed by atoms with van der Waals surface area (Å²) in [6.07, 6.45) is 0.391. The van der Waals surface area contributed by atoms with Gasteiger partial charge in [0, 0.05) is 19.5 Å². The van der Waals surface area contributed by atoms with Crippen molar-refractivity contribution in [3.8, 4) is 0 Å². The van der Waals surface area contributed by atoms with Crippen LogP contribution in [0.2, 0.25) is 0 Å². The number of carbonyl (C=O) groups is 1. The zero-order valence-corrected chi connectivity index (χ0v) is 12.5. The van der Waals surface area contributed by atoms with Crippen LogP contribution in [0.25, 0.3) is 0 Å². The summed E-state index contributed by atoms with van der Waals surface area (Å²) in [7, 11) is -3.56. The Balaban J connectivity index is 2.82. The molecule has 0 aliphatic heterocycles. The van der Waals surface area contributed by atoms with Gasteiger partial charge in [-0.25, -0.2) is 0 Å². The highest BCUT2D eigenvalue weighted by Gasteiger charge is 2.18. The molecule has 0 fully saturated rings. The van der Waals surface area contributed by atoms with Gasteiger partial charge in [-0.15, -0.1) is 0 Å². The van der Waals surface area contributed by atoms with Gasteiger partial charge < -0.3 is 5.11 Å². The maximum absolute atomic E-state index is 12.1. The molecule has 0 atom stereocenters. The van der Waals surface area contributed by atoms with Crippen molar-refractivity contribution >= 4 is 21.9 Å². The molecule has 0 bridgehead atoms. The van der Waals surface area contributed by atoms with Crippen molar-refractivity contribution in [2.24, 2.45) is 0 Å². The molecule has 0 aliphatic rings. The van der Waals surface area contributed by atoms with E-state index in [1.807, 2.05) is 0 Å². The van der Waals surface area contributed by atoms with E-state index in [0.29, 0.717) is 25.2 Å². The van der Waals surface area contributed by atoms with Crippen LogP contribution >= 0.6 is 0 Å². The van der Waals surface area contributed by atoms with E-state index in [1.54, 1.807) is 38.1 Å². The zero-order valence-electron chi connectivity index (χ0n) is 11.7. The summed E-state index contributed by atoms with van der Waals surface area (Å²) in [6.45, 7) is 4.33. The Bertz CT molecular complexity index is 553. The largest absolute Gasteiger partial charge is 0.481 e. The number of rotatable bonds is 8. The van der Waals surface area contributed by atoms with Crippen molar-refractivity contribution in [3.63, 3.8) is 0 Å². The van der Waals surface area contributed by atoms with E-state index in [9.17, 15) is 13.2 Å². The van der Waals surface area contributed by atoms with Crippen LogP contribution in [0.5, 0.6) is 0 Å². The molecule has 0 amide bonds. The van der Waals surface area contributed by atoms with Gasteiger partial charge in [0.25, 0.3) is 0 Å². The van der Waals surface area contributed by atoms with Crippen LogP contribution in [0.4, 0.5) is 5.69 Å². The minimum atomic E-state index is -3.56. The van der Waals surface area contributed by atoms with Gasteiger partial charge in [-0.3, -0.25) is 9.52 Å². The molecule has 1 aromatic carbocycles. The average molecular weight is 300 g/mol. The molecule has 112 valence electrons. The molecule has 0 heterocycles. The van der Waals surface area contributed by atoms with Gasteiger partial charge in [-0.2, -0.15) is 12.7 Å². The number of aryl methyl sites for hydroxylation is 1. The highest BCUT2D eigenvalue weighted by atomic mass is 32.2. The number of hydrogen-bond acceptors (Lipinski definition) is 3. The lowest BCUT2D eigenvalue weighted by Crippen LogP contribution is -2.35. The van der Waals surface area contributed by atoms with E-state index in [4.69, 9.17) is 5.11 Å². The first-order valence-electron chi connectivity index (χ1n) is 6.47. The van der Waals surface area contributed by atoms with Crippen LogP contribution < -0.4 is 4.72 Å². The third-order valence-corrected chi connectivity index (χ3v) is 4.54. The minimum Gasteiger partial charge on any atom is -0.481 e. The van der Waals surface area contributed by atoms with Crippen molar-refractivity contribution in [2.45, 2.75) is 26.7 Å². The molecule has 0 unspecified atom stereocenters. The lowest BCUT2D eigenvalue weighted by molar-refractivity contribution is -0.136. The molecule has 0 saturated carbocycles. The van der Waals surface area contributed by atoms with Crippen LogP contribution in [0.1, 0.15) is 25.8 Å². The van der Waals surface area contributed by atoms with Crippen molar-refractivity contribution < 1.29 is 18.3 Å². The van der Waals surface area contributed by atoms with Gasteiger partial charge in [0.15, 0.2) is 0 Å². The topological polar surface area (TPSA) is 86.7 Å². The van der Waals surface area contributed by atoms with Gasteiger partial charge in [0.05, 0.1) is 5.69 Å². The van der Waals surface area contributed by atoms with Crippen molar-refractivity contribution in [1.82, 2.24) is 4.31 Å². The third-order valence-electron chi connectivity index (χ3n) is 2.85. The molecule has 7 heteroatoms. The monoisotopic (exact) mass is 300 g/mol. The van der Waals surface area contributed by atoms with Gasteiger partial charge in [-0.1, -0.05) is 26.0 Å². The van der Waals surface area contributed by atoms with Crippen LogP contribution in [0.15, 0.2) is 24.3 Å². The fraction of sp³-hybridized carbons (Fsp3) is 0.462. The average Bonchev–Trinajstić information content (AvgIpc) is 2.37. The first-order valence-corrected chi connectivity index (χ1v) is 7.91. The van der Waals surface area contributed by atoms with Crippen LogP contribution in [0.3, 0.4) is 0 Å². The number of hydrogen-bond donors (Lipinski definition) is 2. The van der Waals surface area contributed by atoms with Gasteiger partial charge in [0.2, 0.25) is 0 Å². The quantitative estimate of drug-likeness (QED) is 0.765. The van der Waals surface area contributed by atoms with Gasteiger partial charge in [0.1, 0.15) is 0 Å². The SMILES string of the molecule is CCN(CC)S(=O)(=O)Nc1cccc(CCC(=O)O)c1. The summed E-state index contributed by atoms with van der Waals surface area (Å²) in [6, 6.07) is 6.78. The maximum Gasteiger partial charge on any atom is 0.303 e.